The second kappa shape index (κ2) is 6.99. The molecule has 0 aliphatic heterocycles. The number of nitrogens with one attached hydrogen (secondary N) is 2. The maximum absolute atomic E-state index is 13.6. The first-order valence-corrected chi connectivity index (χ1v) is 9.48. The molecule has 0 saturated heterocycles. The molecule has 0 fully saturated rings. The molecule has 11 heteroatoms. The van der Waals surface area contributed by atoms with Gasteiger partial charge >= 0.3 is 11.8 Å². The Morgan fingerprint density at radius 1 is 1.25 bits per heavy atom. The van der Waals surface area contributed by atoms with Gasteiger partial charge in [-0.3, -0.25) is 9.78 Å². The van der Waals surface area contributed by atoms with Crippen molar-refractivity contribution in [1.29, 1.82) is 0 Å². The normalized spacial score (nSPS) is 11.7. The summed E-state index contributed by atoms with van der Waals surface area (Å²) in [7, 11) is 0. The maximum atomic E-state index is 13.6. The molecule has 2 N–H and O–H groups in total. The molecular formula is C17H10BrF3N5OS+. The lowest BCUT2D eigenvalue weighted by Gasteiger charge is -2.04. The summed E-state index contributed by atoms with van der Waals surface area (Å²) in [6.07, 6.45) is -1.68. The molecule has 4 aromatic rings. The van der Waals surface area contributed by atoms with Gasteiger partial charge in [0.2, 0.25) is 5.69 Å². The van der Waals surface area contributed by atoms with Crippen LogP contribution in [0.15, 0.2) is 52.6 Å². The maximum Gasteiger partial charge on any atom is 0.456 e. The van der Waals surface area contributed by atoms with Crippen LogP contribution >= 0.6 is 27.3 Å². The third-order valence-electron chi connectivity index (χ3n) is 3.82. The molecule has 4 aromatic heterocycles. The average molecular weight is 469 g/mol. The number of pyridine rings is 1. The summed E-state index contributed by atoms with van der Waals surface area (Å²) < 4.78 is 41.8. The third-order valence-corrected chi connectivity index (χ3v) is 5.46. The number of carbonyl (C=O) groups is 1. The number of fused-ring (bicyclic) bond motifs is 1. The van der Waals surface area contributed by atoms with Gasteiger partial charge in [0.1, 0.15) is 4.47 Å². The van der Waals surface area contributed by atoms with Gasteiger partial charge in [-0.25, -0.2) is 5.10 Å². The summed E-state index contributed by atoms with van der Waals surface area (Å²) in [6.45, 7) is 0. The number of aromatic nitrogens is 4. The number of amides is 1. The molecule has 28 heavy (non-hydrogen) atoms. The quantitative estimate of drug-likeness (QED) is 0.440. The largest absolute Gasteiger partial charge is 0.456 e. The molecule has 0 spiro atoms. The SMILES string of the molecule is O=C(Nc1ccncc1)c1[nH][n+]2c(C(F)(F)F)cc(-c3cccs3)nc2c1Br. The van der Waals surface area contributed by atoms with Crippen LogP contribution in [0.4, 0.5) is 18.9 Å². The molecule has 4 heterocycles. The third kappa shape index (κ3) is 3.38. The van der Waals surface area contributed by atoms with Crippen LogP contribution in [-0.4, -0.2) is 21.0 Å². The number of halogens is 4. The summed E-state index contributed by atoms with van der Waals surface area (Å²) in [5, 5.41) is 6.85. The second-order valence-corrected chi connectivity index (χ2v) is 7.39. The van der Waals surface area contributed by atoms with Gasteiger partial charge in [-0.1, -0.05) is 6.07 Å². The van der Waals surface area contributed by atoms with Crippen LogP contribution in [0.5, 0.6) is 0 Å². The van der Waals surface area contributed by atoms with E-state index in [0.717, 1.165) is 10.6 Å². The Bertz CT molecular complexity index is 1160. The van der Waals surface area contributed by atoms with Crippen molar-refractivity contribution in [3.05, 3.63) is 64.0 Å². The lowest BCUT2D eigenvalue weighted by atomic mass is 10.2. The molecule has 0 saturated carbocycles. The first kappa shape index (κ1) is 18.6. The summed E-state index contributed by atoms with van der Waals surface area (Å²) in [5.41, 5.74) is -0.470. The van der Waals surface area contributed by atoms with E-state index in [9.17, 15) is 18.0 Å². The second-order valence-electron chi connectivity index (χ2n) is 5.65. The van der Waals surface area contributed by atoms with E-state index in [1.165, 1.54) is 23.7 Å². The minimum atomic E-state index is -4.65. The van der Waals surface area contributed by atoms with Gasteiger partial charge in [-0.15, -0.1) is 15.9 Å². The number of nitrogens with zero attached hydrogens (tertiary/aromatic N) is 3. The molecule has 0 radical (unpaired) electrons. The highest BCUT2D eigenvalue weighted by Crippen LogP contribution is 2.32. The van der Waals surface area contributed by atoms with E-state index in [4.69, 9.17) is 0 Å². The zero-order valence-electron chi connectivity index (χ0n) is 13.8. The van der Waals surface area contributed by atoms with Crippen LogP contribution in [-0.2, 0) is 6.18 Å². The minimum absolute atomic E-state index is 0.0434. The summed E-state index contributed by atoms with van der Waals surface area (Å²) >= 11 is 4.49. The van der Waals surface area contributed by atoms with Crippen LogP contribution in [0.3, 0.4) is 0 Å². The van der Waals surface area contributed by atoms with E-state index in [2.05, 4.69) is 36.3 Å². The lowest BCUT2D eigenvalue weighted by molar-refractivity contribution is -0.604. The van der Waals surface area contributed by atoms with Crippen molar-refractivity contribution in [3.8, 4) is 10.6 Å². The van der Waals surface area contributed by atoms with E-state index < -0.39 is 17.8 Å². The number of aromatic amines is 1. The van der Waals surface area contributed by atoms with Gasteiger partial charge < -0.3 is 5.32 Å². The Hall–Kier alpha value is -2.79. The fourth-order valence-electron chi connectivity index (χ4n) is 2.58. The van der Waals surface area contributed by atoms with E-state index in [-0.39, 0.29) is 21.5 Å². The molecule has 0 atom stereocenters. The molecule has 0 aliphatic carbocycles. The monoisotopic (exact) mass is 468 g/mol. The van der Waals surface area contributed by atoms with Gasteiger partial charge in [-0.2, -0.15) is 13.2 Å². The minimum Gasteiger partial charge on any atom is -0.320 e. The zero-order valence-corrected chi connectivity index (χ0v) is 16.2. The highest BCUT2D eigenvalue weighted by Gasteiger charge is 2.41. The fourth-order valence-corrected chi connectivity index (χ4v) is 3.80. The standard InChI is InChI=1S/C17H9BrF3N5OS/c18-13-14(16(27)23-9-3-5-22-6-4-9)25-26-12(17(19,20)21)8-10(24-15(13)26)11-2-1-7-28-11/h1-8H,(H,22,23,27)/p+1. The molecule has 0 aromatic carbocycles. The number of hydrogen-bond acceptors (Lipinski definition) is 4. The van der Waals surface area contributed by atoms with E-state index in [1.54, 1.807) is 29.6 Å². The molecule has 6 nitrogen and oxygen atoms in total. The van der Waals surface area contributed by atoms with E-state index >= 15 is 0 Å². The number of carbonyl (C=O) groups excluding carboxylic acids is 1. The van der Waals surface area contributed by atoms with Crippen molar-refractivity contribution >= 4 is 44.5 Å². The van der Waals surface area contributed by atoms with Gasteiger partial charge in [0.25, 0.3) is 5.91 Å². The van der Waals surface area contributed by atoms with Crippen molar-refractivity contribution in [1.82, 2.24) is 15.1 Å². The lowest BCUT2D eigenvalue weighted by Crippen LogP contribution is -2.36. The highest BCUT2D eigenvalue weighted by atomic mass is 79.9. The van der Waals surface area contributed by atoms with Gasteiger partial charge in [0.15, 0.2) is 11.4 Å². The van der Waals surface area contributed by atoms with Crippen molar-refractivity contribution in [2.45, 2.75) is 6.18 Å². The van der Waals surface area contributed by atoms with Crippen LogP contribution in [0.2, 0.25) is 0 Å². The Morgan fingerprint density at radius 3 is 2.64 bits per heavy atom. The molecule has 1 amide bonds. The van der Waals surface area contributed by atoms with Crippen molar-refractivity contribution in [3.63, 3.8) is 0 Å². The molecule has 142 valence electrons. The number of alkyl halides is 3. The summed E-state index contributed by atoms with van der Waals surface area (Å²) in [4.78, 5) is 21.3. The first-order chi connectivity index (χ1) is 13.3. The number of H-pyrrole nitrogens is 1. The molecule has 4 rings (SSSR count). The summed E-state index contributed by atoms with van der Waals surface area (Å²) in [5.74, 6) is -0.616. The number of rotatable bonds is 3. The van der Waals surface area contributed by atoms with Gasteiger partial charge in [0.05, 0.1) is 4.88 Å². The highest BCUT2D eigenvalue weighted by molar-refractivity contribution is 9.10. The Balaban J connectivity index is 1.86. The van der Waals surface area contributed by atoms with Gasteiger partial charge in [0, 0.05) is 24.1 Å². The first-order valence-electron chi connectivity index (χ1n) is 7.81. The molecular weight excluding hydrogens is 459 g/mol. The van der Waals surface area contributed by atoms with Crippen LogP contribution < -0.4 is 9.83 Å². The number of thiophene rings is 1. The van der Waals surface area contributed by atoms with Crippen LogP contribution in [0, 0.1) is 0 Å². The Labute approximate surface area is 168 Å². The fraction of sp³-hybridized carbons (Fsp3) is 0.0588. The molecule has 0 bridgehead atoms. The number of hydrogen-bond donors (Lipinski definition) is 2. The van der Waals surface area contributed by atoms with Crippen molar-refractivity contribution in [2.24, 2.45) is 0 Å². The smallest absolute Gasteiger partial charge is 0.320 e. The van der Waals surface area contributed by atoms with Gasteiger partial charge in [-0.05, 0) is 44.5 Å². The number of anilines is 1. The van der Waals surface area contributed by atoms with Crippen LogP contribution in [0.1, 0.15) is 16.2 Å². The topological polar surface area (TPSA) is 74.8 Å². The summed E-state index contributed by atoms with van der Waals surface area (Å²) in [6, 6.07) is 7.49. The Morgan fingerprint density at radius 2 is 2.00 bits per heavy atom. The molecule has 0 unspecified atom stereocenters. The van der Waals surface area contributed by atoms with Crippen LogP contribution in [0.25, 0.3) is 16.2 Å². The van der Waals surface area contributed by atoms with E-state index in [0.29, 0.717) is 10.6 Å². The Kier molecular flexibility index (Phi) is 4.63. The van der Waals surface area contributed by atoms with E-state index in [1.807, 2.05) is 0 Å². The average Bonchev–Trinajstić information content (AvgIpc) is 3.30. The predicted molar refractivity (Wildman–Crippen MR) is 100.0 cm³/mol. The predicted octanol–water partition coefficient (Wildman–Crippen LogP) is 4.31. The zero-order chi connectivity index (χ0) is 19.9. The van der Waals surface area contributed by atoms with Crippen molar-refractivity contribution < 1.29 is 22.5 Å². The molecule has 0 aliphatic rings. The van der Waals surface area contributed by atoms with Crippen molar-refractivity contribution in [2.75, 3.05) is 5.32 Å².